The van der Waals surface area contributed by atoms with Crippen LogP contribution in [-0.2, 0) is 6.54 Å². The Balaban J connectivity index is 2.23. The van der Waals surface area contributed by atoms with Crippen molar-refractivity contribution in [3.63, 3.8) is 0 Å². The molecule has 0 radical (unpaired) electrons. The van der Waals surface area contributed by atoms with Crippen LogP contribution in [0.2, 0.25) is 0 Å². The van der Waals surface area contributed by atoms with Crippen LogP contribution in [0.3, 0.4) is 0 Å². The molecule has 0 spiro atoms. The molecule has 2 heteroatoms. The zero-order valence-corrected chi connectivity index (χ0v) is 8.64. The number of aromatic nitrogens is 1. The summed E-state index contributed by atoms with van der Waals surface area (Å²) in [5.41, 5.74) is 3.18. The quantitative estimate of drug-likeness (QED) is 0.726. The Morgan fingerprint density at radius 2 is 1.93 bits per heavy atom. The first kappa shape index (κ1) is 9.54. The Kier molecular flexibility index (Phi) is 2.55. The van der Waals surface area contributed by atoms with E-state index in [2.05, 4.69) is 37.3 Å². The molecule has 0 fully saturated rings. The third kappa shape index (κ3) is 2.08. The molecule has 1 heterocycles. The summed E-state index contributed by atoms with van der Waals surface area (Å²) in [5.74, 6) is 0. The minimum Gasteiger partial charge on any atom is -0.335 e. The van der Waals surface area contributed by atoms with Gasteiger partial charge in [0.15, 0.2) is 0 Å². The van der Waals surface area contributed by atoms with Gasteiger partial charge in [-0.15, -0.1) is 0 Å². The molecule has 0 N–H and O–H groups in total. The summed E-state index contributed by atoms with van der Waals surface area (Å²) in [6.07, 6.45) is 1.93. The standard InChI is InChI=1S/C13H12N2/c1-11-4-6-12(7-5-11)10-15-8-2-3-13(15)9-14/h2-8H,10H2,1H3. The van der Waals surface area contributed by atoms with E-state index in [0.717, 1.165) is 6.54 Å². The van der Waals surface area contributed by atoms with Crippen molar-refractivity contribution < 1.29 is 0 Å². The third-order valence-electron chi connectivity index (χ3n) is 2.42. The Hall–Kier alpha value is -2.01. The average Bonchev–Trinajstić information content (AvgIpc) is 2.69. The lowest BCUT2D eigenvalue weighted by atomic mass is 10.1. The summed E-state index contributed by atoms with van der Waals surface area (Å²) in [7, 11) is 0. The fourth-order valence-electron chi connectivity index (χ4n) is 1.54. The highest BCUT2D eigenvalue weighted by atomic mass is 15.0. The fourth-order valence-corrected chi connectivity index (χ4v) is 1.54. The van der Waals surface area contributed by atoms with Crippen molar-refractivity contribution in [3.8, 4) is 6.07 Å². The molecule has 74 valence electrons. The summed E-state index contributed by atoms with van der Waals surface area (Å²) in [5, 5.41) is 8.86. The van der Waals surface area contributed by atoms with E-state index >= 15 is 0 Å². The number of hydrogen-bond donors (Lipinski definition) is 0. The normalized spacial score (nSPS) is 9.87. The van der Waals surface area contributed by atoms with E-state index in [0.29, 0.717) is 5.69 Å². The molecule has 0 aliphatic rings. The highest BCUT2D eigenvalue weighted by Gasteiger charge is 1.99. The third-order valence-corrected chi connectivity index (χ3v) is 2.42. The van der Waals surface area contributed by atoms with Gasteiger partial charge in [-0.1, -0.05) is 29.8 Å². The predicted molar refractivity (Wildman–Crippen MR) is 59.4 cm³/mol. The van der Waals surface area contributed by atoms with Crippen LogP contribution in [-0.4, -0.2) is 4.57 Å². The number of rotatable bonds is 2. The highest BCUT2D eigenvalue weighted by molar-refractivity contribution is 5.26. The van der Waals surface area contributed by atoms with E-state index in [1.54, 1.807) is 0 Å². The first-order valence-corrected chi connectivity index (χ1v) is 4.90. The molecule has 0 saturated heterocycles. The van der Waals surface area contributed by atoms with E-state index in [4.69, 9.17) is 5.26 Å². The molecule has 0 aliphatic heterocycles. The lowest BCUT2D eigenvalue weighted by Crippen LogP contribution is -2.00. The largest absolute Gasteiger partial charge is 0.335 e. The maximum Gasteiger partial charge on any atom is 0.120 e. The van der Waals surface area contributed by atoms with Gasteiger partial charge in [0.05, 0.1) is 0 Å². The molecule has 0 atom stereocenters. The van der Waals surface area contributed by atoms with Gasteiger partial charge in [-0.25, -0.2) is 0 Å². The van der Waals surface area contributed by atoms with Gasteiger partial charge in [0.25, 0.3) is 0 Å². The van der Waals surface area contributed by atoms with Crippen LogP contribution in [0.25, 0.3) is 0 Å². The molecule has 0 saturated carbocycles. The summed E-state index contributed by atoms with van der Waals surface area (Å²) in [6, 6.07) is 14.3. The zero-order valence-electron chi connectivity index (χ0n) is 8.64. The maximum absolute atomic E-state index is 8.86. The lowest BCUT2D eigenvalue weighted by Gasteiger charge is -2.04. The molecule has 1 aromatic heterocycles. The SMILES string of the molecule is Cc1ccc(Cn2cccc2C#N)cc1. The van der Waals surface area contributed by atoms with Crippen molar-refractivity contribution in [1.29, 1.82) is 5.26 Å². The van der Waals surface area contributed by atoms with Crippen LogP contribution in [0.5, 0.6) is 0 Å². The minimum absolute atomic E-state index is 0.704. The van der Waals surface area contributed by atoms with E-state index in [9.17, 15) is 0 Å². The van der Waals surface area contributed by atoms with Gasteiger partial charge in [0.1, 0.15) is 11.8 Å². The number of nitrogens with zero attached hydrogens (tertiary/aromatic N) is 2. The first-order valence-electron chi connectivity index (χ1n) is 4.90. The number of nitriles is 1. The summed E-state index contributed by atoms with van der Waals surface area (Å²) in [6.45, 7) is 2.83. The summed E-state index contributed by atoms with van der Waals surface area (Å²) < 4.78 is 1.95. The Morgan fingerprint density at radius 3 is 2.60 bits per heavy atom. The van der Waals surface area contributed by atoms with Crippen molar-refractivity contribution >= 4 is 0 Å². The summed E-state index contributed by atoms with van der Waals surface area (Å²) >= 11 is 0. The molecule has 15 heavy (non-hydrogen) atoms. The van der Waals surface area contributed by atoms with Gasteiger partial charge in [0, 0.05) is 12.7 Å². The van der Waals surface area contributed by atoms with Crippen LogP contribution in [0, 0.1) is 18.3 Å². The predicted octanol–water partition coefficient (Wildman–Crippen LogP) is 2.72. The number of hydrogen-bond acceptors (Lipinski definition) is 1. The molecule has 0 unspecified atom stereocenters. The van der Waals surface area contributed by atoms with Gasteiger partial charge in [-0.3, -0.25) is 0 Å². The van der Waals surface area contributed by atoms with Crippen molar-refractivity contribution in [2.45, 2.75) is 13.5 Å². The zero-order chi connectivity index (χ0) is 10.7. The van der Waals surface area contributed by atoms with Gasteiger partial charge in [0.2, 0.25) is 0 Å². The molecule has 0 amide bonds. The highest BCUT2D eigenvalue weighted by Crippen LogP contribution is 2.08. The maximum atomic E-state index is 8.86. The average molecular weight is 196 g/mol. The molecule has 2 aromatic rings. The van der Waals surface area contributed by atoms with Crippen LogP contribution in [0.4, 0.5) is 0 Å². The van der Waals surface area contributed by atoms with Crippen molar-refractivity contribution in [3.05, 3.63) is 59.4 Å². The second-order valence-electron chi connectivity index (χ2n) is 3.62. The molecular weight excluding hydrogens is 184 g/mol. The van der Waals surface area contributed by atoms with Crippen LogP contribution in [0.1, 0.15) is 16.8 Å². The molecular formula is C13H12N2. The fraction of sp³-hybridized carbons (Fsp3) is 0.154. The Labute approximate surface area is 89.4 Å². The molecule has 0 bridgehead atoms. The van der Waals surface area contributed by atoms with Crippen LogP contribution >= 0.6 is 0 Å². The van der Waals surface area contributed by atoms with Gasteiger partial charge < -0.3 is 4.57 Å². The van der Waals surface area contributed by atoms with Crippen LogP contribution in [0.15, 0.2) is 42.6 Å². The van der Waals surface area contributed by atoms with Crippen molar-refractivity contribution in [2.75, 3.05) is 0 Å². The molecule has 1 aromatic carbocycles. The second-order valence-corrected chi connectivity index (χ2v) is 3.62. The first-order chi connectivity index (χ1) is 7.29. The van der Waals surface area contributed by atoms with Gasteiger partial charge in [-0.2, -0.15) is 5.26 Å². The smallest absolute Gasteiger partial charge is 0.120 e. The second kappa shape index (κ2) is 4.02. The van der Waals surface area contributed by atoms with E-state index in [1.807, 2.05) is 22.9 Å². The Morgan fingerprint density at radius 1 is 1.20 bits per heavy atom. The van der Waals surface area contributed by atoms with Gasteiger partial charge in [-0.05, 0) is 24.6 Å². The van der Waals surface area contributed by atoms with E-state index < -0.39 is 0 Å². The van der Waals surface area contributed by atoms with E-state index in [1.165, 1.54) is 11.1 Å². The molecule has 0 aliphatic carbocycles. The number of aryl methyl sites for hydroxylation is 1. The number of benzene rings is 1. The van der Waals surface area contributed by atoms with Crippen molar-refractivity contribution in [1.82, 2.24) is 4.57 Å². The monoisotopic (exact) mass is 196 g/mol. The minimum atomic E-state index is 0.704. The lowest BCUT2D eigenvalue weighted by molar-refractivity contribution is 0.793. The molecule has 2 nitrogen and oxygen atoms in total. The van der Waals surface area contributed by atoms with Gasteiger partial charge >= 0.3 is 0 Å². The molecule has 2 rings (SSSR count). The van der Waals surface area contributed by atoms with Crippen LogP contribution < -0.4 is 0 Å². The Bertz CT molecular complexity index is 486. The topological polar surface area (TPSA) is 28.7 Å². The summed E-state index contributed by atoms with van der Waals surface area (Å²) in [4.78, 5) is 0. The van der Waals surface area contributed by atoms with Crippen molar-refractivity contribution in [2.24, 2.45) is 0 Å². The van der Waals surface area contributed by atoms with E-state index in [-0.39, 0.29) is 0 Å².